The largest absolute Gasteiger partial charge is 0.311 e. The van der Waals surface area contributed by atoms with Crippen LogP contribution in [0.1, 0.15) is 23.1 Å². The molecular weight excluding hydrogens is 408 g/mol. The molecule has 3 aromatic carbocycles. The fourth-order valence-corrected chi connectivity index (χ4v) is 5.34. The SMILES string of the molecule is Cc1ccc(S(=O)(=O)N(CC(=O)N2CCCc3ccccc32)c2cccc(C)c2)cc1. The Labute approximate surface area is 184 Å². The molecule has 0 saturated heterocycles. The van der Waals surface area contributed by atoms with Crippen LogP contribution in [0.4, 0.5) is 11.4 Å². The molecule has 0 N–H and O–H groups in total. The smallest absolute Gasteiger partial charge is 0.264 e. The average Bonchev–Trinajstić information content (AvgIpc) is 2.77. The highest BCUT2D eigenvalue weighted by atomic mass is 32.2. The van der Waals surface area contributed by atoms with Crippen molar-refractivity contribution >= 4 is 27.3 Å². The molecule has 31 heavy (non-hydrogen) atoms. The Hall–Kier alpha value is -3.12. The monoisotopic (exact) mass is 434 g/mol. The van der Waals surface area contributed by atoms with E-state index in [-0.39, 0.29) is 17.3 Å². The molecule has 0 aliphatic carbocycles. The Morgan fingerprint density at radius 2 is 1.68 bits per heavy atom. The number of sulfonamides is 1. The van der Waals surface area contributed by atoms with Gasteiger partial charge in [0.25, 0.3) is 10.0 Å². The number of carbonyl (C=O) groups excluding carboxylic acids is 1. The van der Waals surface area contributed by atoms with Gasteiger partial charge in [-0.1, -0.05) is 48.0 Å². The summed E-state index contributed by atoms with van der Waals surface area (Å²) >= 11 is 0. The second-order valence-corrected chi connectivity index (χ2v) is 9.80. The third kappa shape index (κ3) is 4.35. The summed E-state index contributed by atoms with van der Waals surface area (Å²) in [6.07, 6.45) is 1.78. The third-order valence-electron chi connectivity index (χ3n) is 5.59. The van der Waals surface area contributed by atoms with Crippen LogP contribution in [0.15, 0.2) is 77.7 Å². The first-order valence-corrected chi connectivity index (χ1v) is 11.8. The lowest BCUT2D eigenvalue weighted by Gasteiger charge is -2.32. The molecule has 0 radical (unpaired) electrons. The molecule has 0 fully saturated rings. The highest BCUT2D eigenvalue weighted by Crippen LogP contribution is 2.29. The fourth-order valence-electron chi connectivity index (χ4n) is 3.94. The van der Waals surface area contributed by atoms with Crippen molar-refractivity contribution in [3.8, 4) is 0 Å². The Morgan fingerprint density at radius 3 is 2.42 bits per heavy atom. The van der Waals surface area contributed by atoms with Gasteiger partial charge in [-0.05, 0) is 68.1 Å². The first kappa shape index (κ1) is 21.1. The average molecular weight is 435 g/mol. The summed E-state index contributed by atoms with van der Waals surface area (Å²) in [6, 6.07) is 21.8. The Bertz CT molecular complexity index is 1200. The second-order valence-electron chi connectivity index (χ2n) is 7.94. The molecule has 160 valence electrons. The van der Waals surface area contributed by atoms with Gasteiger partial charge in [-0.3, -0.25) is 9.10 Å². The summed E-state index contributed by atoms with van der Waals surface area (Å²) in [5.74, 6) is -0.232. The number of fused-ring (bicyclic) bond motifs is 1. The van der Waals surface area contributed by atoms with E-state index in [4.69, 9.17) is 0 Å². The number of carbonyl (C=O) groups is 1. The van der Waals surface area contributed by atoms with Crippen molar-refractivity contribution in [3.05, 3.63) is 89.5 Å². The summed E-state index contributed by atoms with van der Waals surface area (Å²) in [6.45, 7) is 4.14. The van der Waals surface area contributed by atoms with Crippen LogP contribution >= 0.6 is 0 Å². The van der Waals surface area contributed by atoms with Crippen molar-refractivity contribution in [2.45, 2.75) is 31.6 Å². The quantitative estimate of drug-likeness (QED) is 0.595. The number of anilines is 2. The van der Waals surface area contributed by atoms with E-state index in [2.05, 4.69) is 0 Å². The van der Waals surface area contributed by atoms with E-state index >= 15 is 0 Å². The van der Waals surface area contributed by atoms with E-state index in [9.17, 15) is 13.2 Å². The van der Waals surface area contributed by atoms with E-state index in [0.717, 1.165) is 35.2 Å². The summed E-state index contributed by atoms with van der Waals surface area (Å²) in [5, 5.41) is 0. The number of hydrogen-bond acceptors (Lipinski definition) is 3. The molecule has 0 unspecified atom stereocenters. The molecule has 3 aromatic rings. The van der Waals surface area contributed by atoms with Crippen LogP contribution < -0.4 is 9.21 Å². The number of amides is 1. The van der Waals surface area contributed by atoms with Gasteiger partial charge in [-0.2, -0.15) is 0 Å². The van der Waals surface area contributed by atoms with E-state index in [1.807, 2.05) is 50.2 Å². The molecule has 6 heteroatoms. The number of aryl methyl sites for hydroxylation is 3. The van der Waals surface area contributed by atoms with Crippen LogP contribution in [0.25, 0.3) is 0 Å². The number of para-hydroxylation sites is 1. The van der Waals surface area contributed by atoms with Gasteiger partial charge < -0.3 is 4.90 Å². The minimum absolute atomic E-state index is 0.173. The number of hydrogen-bond donors (Lipinski definition) is 0. The van der Waals surface area contributed by atoms with Crippen molar-refractivity contribution in [1.82, 2.24) is 0 Å². The van der Waals surface area contributed by atoms with Crippen LogP contribution in [0.3, 0.4) is 0 Å². The summed E-state index contributed by atoms with van der Waals surface area (Å²) in [5.41, 5.74) is 4.37. The molecule has 1 heterocycles. The predicted molar refractivity (Wildman–Crippen MR) is 124 cm³/mol. The minimum Gasteiger partial charge on any atom is -0.311 e. The normalized spacial score (nSPS) is 13.5. The maximum atomic E-state index is 13.6. The maximum Gasteiger partial charge on any atom is 0.264 e. The molecule has 0 aromatic heterocycles. The van der Waals surface area contributed by atoms with Crippen LogP contribution in [0.2, 0.25) is 0 Å². The maximum absolute atomic E-state index is 13.6. The second kappa shape index (κ2) is 8.55. The van der Waals surface area contributed by atoms with E-state index < -0.39 is 10.0 Å². The summed E-state index contributed by atoms with van der Waals surface area (Å²) in [4.78, 5) is 15.3. The zero-order chi connectivity index (χ0) is 22.0. The summed E-state index contributed by atoms with van der Waals surface area (Å²) in [7, 11) is -3.91. The highest BCUT2D eigenvalue weighted by molar-refractivity contribution is 7.92. The van der Waals surface area contributed by atoms with Gasteiger partial charge in [0.05, 0.1) is 10.6 Å². The van der Waals surface area contributed by atoms with E-state index in [0.29, 0.717) is 12.2 Å². The van der Waals surface area contributed by atoms with Gasteiger partial charge in [0.2, 0.25) is 5.91 Å². The third-order valence-corrected chi connectivity index (χ3v) is 7.38. The van der Waals surface area contributed by atoms with Crippen molar-refractivity contribution in [3.63, 3.8) is 0 Å². The standard InChI is InChI=1S/C25H26N2O3S/c1-19-12-14-23(15-13-19)31(29,30)27(22-10-5-7-20(2)17-22)18-25(28)26-16-6-9-21-8-3-4-11-24(21)26/h3-5,7-8,10-15,17H,6,9,16,18H2,1-2H3. The van der Waals surface area contributed by atoms with Crippen LogP contribution in [-0.2, 0) is 21.2 Å². The van der Waals surface area contributed by atoms with Crippen molar-refractivity contribution in [1.29, 1.82) is 0 Å². The fraction of sp³-hybridized carbons (Fsp3) is 0.240. The molecule has 4 rings (SSSR count). The molecule has 0 spiro atoms. The topological polar surface area (TPSA) is 57.7 Å². The van der Waals surface area contributed by atoms with E-state index in [1.165, 1.54) is 4.31 Å². The predicted octanol–water partition coefficient (Wildman–Crippen LogP) is 4.48. The lowest BCUT2D eigenvalue weighted by Crippen LogP contribution is -2.45. The molecule has 0 atom stereocenters. The van der Waals surface area contributed by atoms with E-state index in [1.54, 1.807) is 41.3 Å². The number of rotatable bonds is 5. The zero-order valence-electron chi connectivity index (χ0n) is 17.8. The lowest BCUT2D eigenvalue weighted by atomic mass is 10.0. The highest BCUT2D eigenvalue weighted by Gasteiger charge is 2.30. The van der Waals surface area contributed by atoms with Gasteiger partial charge in [0, 0.05) is 12.2 Å². The van der Waals surface area contributed by atoms with Gasteiger partial charge in [0.1, 0.15) is 6.54 Å². The molecule has 1 amide bonds. The number of benzene rings is 3. The lowest BCUT2D eigenvalue weighted by molar-refractivity contribution is -0.117. The van der Waals surface area contributed by atoms with Gasteiger partial charge in [0.15, 0.2) is 0 Å². The number of nitrogens with zero attached hydrogens (tertiary/aromatic N) is 2. The molecule has 0 saturated carbocycles. The first-order chi connectivity index (χ1) is 14.9. The Kier molecular flexibility index (Phi) is 5.83. The molecule has 0 bridgehead atoms. The minimum atomic E-state index is -3.91. The van der Waals surface area contributed by atoms with Crippen molar-refractivity contribution in [2.24, 2.45) is 0 Å². The zero-order valence-corrected chi connectivity index (χ0v) is 18.6. The van der Waals surface area contributed by atoms with Crippen LogP contribution in [0.5, 0.6) is 0 Å². The Balaban J connectivity index is 1.72. The van der Waals surface area contributed by atoms with Crippen molar-refractivity contribution in [2.75, 3.05) is 22.3 Å². The van der Waals surface area contributed by atoms with Crippen LogP contribution in [-0.4, -0.2) is 27.4 Å². The van der Waals surface area contributed by atoms with Gasteiger partial charge in [-0.15, -0.1) is 0 Å². The molecule has 1 aliphatic heterocycles. The Morgan fingerprint density at radius 1 is 0.935 bits per heavy atom. The molecular formula is C25H26N2O3S. The first-order valence-electron chi connectivity index (χ1n) is 10.4. The molecule has 1 aliphatic rings. The summed E-state index contributed by atoms with van der Waals surface area (Å²) < 4.78 is 28.4. The molecule has 5 nitrogen and oxygen atoms in total. The van der Waals surface area contributed by atoms with Gasteiger partial charge in [-0.25, -0.2) is 8.42 Å². The van der Waals surface area contributed by atoms with Gasteiger partial charge >= 0.3 is 0 Å². The van der Waals surface area contributed by atoms with Crippen molar-refractivity contribution < 1.29 is 13.2 Å². The van der Waals surface area contributed by atoms with Crippen LogP contribution in [0, 0.1) is 13.8 Å².